The molecule has 0 amide bonds. The van der Waals surface area contributed by atoms with Crippen molar-refractivity contribution in [3.05, 3.63) is 0 Å². The molecule has 0 unspecified atom stereocenters. The third kappa shape index (κ3) is 6.39. The summed E-state index contributed by atoms with van der Waals surface area (Å²) in [5, 5.41) is 0. The second kappa shape index (κ2) is 3.43. The molecule has 0 saturated carbocycles. The van der Waals surface area contributed by atoms with Crippen molar-refractivity contribution in [2.45, 2.75) is 26.6 Å². The molecule has 0 rings (SSSR count). The van der Waals surface area contributed by atoms with Gasteiger partial charge in [-0.15, -0.1) is 0 Å². The molecule has 0 aliphatic rings. The van der Waals surface area contributed by atoms with Crippen molar-refractivity contribution in [1.29, 1.82) is 0 Å². The molecule has 1 nitrogen and oxygen atoms in total. The van der Waals surface area contributed by atoms with E-state index in [1.807, 2.05) is 6.92 Å². The number of hydrogen-bond acceptors (Lipinski definition) is 1. The van der Waals surface area contributed by atoms with Crippen LogP contribution in [0.15, 0.2) is 0 Å². The van der Waals surface area contributed by atoms with Gasteiger partial charge in [0.1, 0.15) is 0 Å². The van der Waals surface area contributed by atoms with Gasteiger partial charge in [0.25, 0.3) is 0 Å². The zero-order chi connectivity index (χ0) is 6.62. The van der Waals surface area contributed by atoms with Crippen LogP contribution in [-0.2, 0) is 4.43 Å². The van der Waals surface area contributed by atoms with Gasteiger partial charge < -0.3 is 4.43 Å². The van der Waals surface area contributed by atoms with E-state index in [0.717, 1.165) is 15.9 Å². The number of rotatable bonds is 3. The Morgan fingerprint density at radius 3 is 2.00 bits per heavy atom. The molecule has 0 aliphatic carbocycles. The zero-order valence-electron chi connectivity index (χ0n) is 6.12. The molecule has 0 atom stereocenters. The molecule has 3 heteroatoms. The van der Waals surface area contributed by atoms with E-state index in [0.29, 0.717) is 0 Å². The average Bonchev–Trinajstić information content (AvgIpc) is 1.59. The monoisotopic (exact) mass is 146 g/mol. The van der Waals surface area contributed by atoms with E-state index >= 15 is 0 Å². The van der Waals surface area contributed by atoms with E-state index in [2.05, 4.69) is 19.6 Å². The van der Waals surface area contributed by atoms with Crippen LogP contribution in [0.4, 0.5) is 0 Å². The fourth-order valence-corrected chi connectivity index (χ4v) is 2.60. The Bertz CT molecular complexity index is 57.9. The molecule has 0 saturated heterocycles. The molecule has 0 aromatic heterocycles. The first-order chi connectivity index (χ1) is 3.56. The van der Waals surface area contributed by atoms with Gasteiger partial charge in [-0.05, 0) is 6.92 Å². The molecular weight excluding hydrogens is 132 g/mol. The molecular formula is C5H14OSi2. The van der Waals surface area contributed by atoms with Crippen LogP contribution in [0, 0.1) is 0 Å². The highest BCUT2D eigenvalue weighted by Crippen LogP contribution is 1.96. The third-order valence-corrected chi connectivity index (χ3v) is 3.84. The van der Waals surface area contributed by atoms with Crippen molar-refractivity contribution in [3.8, 4) is 0 Å². The summed E-state index contributed by atoms with van der Waals surface area (Å²) in [6, 6.07) is 0. The smallest absolute Gasteiger partial charge is 0.211 e. The van der Waals surface area contributed by atoms with Crippen LogP contribution in [-0.4, -0.2) is 23.5 Å². The summed E-state index contributed by atoms with van der Waals surface area (Å²) in [6.45, 7) is 9.89. The summed E-state index contributed by atoms with van der Waals surface area (Å²) in [6.07, 6.45) is 0. The van der Waals surface area contributed by atoms with Crippen molar-refractivity contribution in [3.63, 3.8) is 0 Å². The molecule has 0 spiro atoms. The highest BCUT2D eigenvalue weighted by molar-refractivity contribution is 7.20. The maximum absolute atomic E-state index is 5.29. The SMILES string of the molecule is CCO[Si][Si](C)(C)C. The average molecular weight is 146 g/mol. The first-order valence-electron chi connectivity index (χ1n) is 2.95. The van der Waals surface area contributed by atoms with Gasteiger partial charge in [-0.2, -0.15) is 0 Å². The van der Waals surface area contributed by atoms with Crippen LogP contribution in [0.5, 0.6) is 0 Å². The Balaban J connectivity index is 3.11. The predicted octanol–water partition coefficient (Wildman–Crippen LogP) is 1.48. The summed E-state index contributed by atoms with van der Waals surface area (Å²) in [7, 11) is -0.0922. The molecule has 8 heavy (non-hydrogen) atoms. The van der Waals surface area contributed by atoms with Gasteiger partial charge in [-0.1, -0.05) is 19.6 Å². The minimum Gasteiger partial charge on any atom is -0.422 e. The van der Waals surface area contributed by atoms with Crippen LogP contribution >= 0.6 is 0 Å². The molecule has 2 radical (unpaired) electrons. The molecule has 0 N–H and O–H groups in total. The Morgan fingerprint density at radius 1 is 1.38 bits per heavy atom. The summed E-state index contributed by atoms with van der Waals surface area (Å²) < 4.78 is 5.29. The molecule has 0 aromatic carbocycles. The van der Waals surface area contributed by atoms with E-state index in [4.69, 9.17) is 4.43 Å². The molecule has 0 bridgehead atoms. The van der Waals surface area contributed by atoms with Crippen LogP contribution < -0.4 is 0 Å². The minimum absolute atomic E-state index is 0.780. The van der Waals surface area contributed by atoms with Gasteiger partial charge in [0.05, 0.1) is 7.59 Å². The van der Waals surface area contributed by atoms with Crippen molar-refractivity contribution in [1.82, 2.24) is 0 Å². The lowest BCUT2D eigenvalue weighted by Gasteiger charge is -2.11. The van der Waals surface area contributed by atoms with Gasteiger partial charge in [0.15, 0.2) is 0 Å². The van der Waals surface area contributed by atoms with E-state index in [1.54, 1.807) is 0 Å². The molecule has 48 valence electrons. The quantitative estimate of drug-likeness (QED) is 0.548. The zero-order valence-corrected chi connectivity index (χ0v) is 8.12. The molecule has 0 heterocycles. The second-order valence-corrected chi connectivity index (χ2v) is 12.9. The van der Waals surface area contributed by atoms with Crippen molar-refractivity contribution >= 4 is 16.9 Å². The van der Waals surface area contributed by atoms with Gasteiger partial charge in [-0.3, -0.25) is 0 Å². The summed E-state index contributed by atoms with van der Waals surface area (Å²) in [4.78, 5) is 0. The van der Waals surface area contributed by atoms with Gasteiger partial charge >= 0.3 is 0 Å². The molecule has 0 fully saturated rings. The van der Waals surface area contributed by atoms with E-state index in [-0.39, 0.29) is 0 Å². The lowest BCUT2D eigenvalue weighted by atomic mass is 10.9. The van der Waals surface area contributed by atoms with Crippen LogP contribution in [0.3, 0.4) is 0 Å². The van der Waals surface area contributed by atoms with E-state index in [9.17, 15) is 0 Å². The third-order valence-electron chi connectivity index (χ3n) is 0.523. The highest BCUT2D eigenvalue weighted by Gasteiger charge is 2.14. The summed E-state index contributed by atoms with van der Waals surface area (Å²) >= 11 is 0. The van der Waals surface area contributed by atoms with Crippen molar-refractivity contribution in [2.75, 3.05) is 6.61 Å². The maximum atomic E-state index is 5.29. The summed E-state index contributed by atoms with van der Waals surface area (Å²) in [5.74, 6) is 0. The first kappa shape index (κ1) is 8.39. The predicted molar refractivity (Wildman–Crippen MR) is 40.7 cm³/mol. The van der Waals surface area contributed by atoms with Crippen molar-refractivity contribution < 1.29 is 4.43 Å². The van der Waals surface area contributed by atoms with E-state index in [1.165, 1.54) is 0 Å². The van der Waals surface area contributed by atoms with Crippen molar-refractivity contribution in [2.24, 2.45) is 0 Å². The normalized spacial score (nSPS) is 12.0. The minimum atomic E-state index is -0.873. The Labute approximate surface area is 55.2 Å². The highest BCUT2D eigenvalue weighted by atomic mass is 29.2. The number of hydrogen-bond donors (Lipinski definition) is 0. The largest absolute Gasteiger partial charge is 0.422 e. The van der Waals surface area contributed by atoms with Crippen LogP contribution in [0.2, 0.25) is 19.6 Å². The van der Waals surface area contributed by atoms with Gasteiger partial charge in [0.2, 0.25) is 9.28 Å². The van der Waals surface area contributed by atoms with Crippen LogP contribution in [0.1, 0.15) is 6.92 Å². The fraction of sp³-hybridized carbons (Fsp3) is 1.00. The van der Waals surface area contributed by atoms with Crippen LogP contribution in [0.25, 0.3) is 0 Å². The standard InChI is InChI=1S/C5H14OSi2/c1-5-6-7-8(2,3)4/h5H2,1-4H3. The Morgan fingerprint density at radius 2 is 1.88 bits per heavy atom. The second-order valence-electron chi connectivity index (χ2n) is 2.79. The topological polar surface area (TPSA) is 9.23 Å². The first-order valence-corrected chi connectivity index (χ1v) is 8.36. The van der Waals surface area contributed by atoms with Gasteiger partial charge in [0, 0.05) is 6.61 Å². The Kier molecular flexibility index (Phi) is 3.59. The van der Waals surface area contributed by atoms with E-state index < -0.39 is 7.59 Å². The maximum Gasteiger partial charge on any atom is 0.211 e. The Hall–Kier alpha value is 0.394. The lowest BCUT2D eigenvalue weighted by Crippen LogP contribution is -2.31. The summed E-state index contributed by atoms with van der Waals surface area (Å²) in [5.41, 5.74) is 0. The lowest BCUT2D eigenvalue weighted by molar-refractivity contribution is 0.369. The molecule has 0 aromatic rings. The molecule has 0 aliphatic heterocycles. The fourth-order valence-electron chi connectivity index (χ4n) is 0.289. The van der Waals surface area contributed by atoms with Gasteiger partial charge in [-0.25, -0.2) is 0 Å².